The van der Waals surface area contributed by atoms with E-state index in [1.54, 1.807) is 0 Å². The molecule has 1 aliphatic rings. The lowest BCUT2D eigenvalue weighted by atomic mass is 10.1. The van der Waals surface area contributed by atoms with Crippen LogP contribution in [0, 0.1) is 13.8 Å². The maximum atomic E-state index is 12.9. The summed E-state index contributed by atoms with van der Waals surface area (Å²) in [5.41, 5.74) is 3.50. The van der Waals surface area contributed by atoms with Crippen LogP contribution in [-0.4, -0.2) is 44.4 Å². The second-order valence-corrected chi connectivity index (χ2v) is 6.83. The van der Waals surface area contributed by atoms with Crippen LogP contribution in [-0.2, 0) is 0 Å². The second-order valence-electron chi connectivity index (χ2n) is 6.83. The molecule has 6 nitrogen and oxygen atoms in total. The van der Waals surface area contributed by atoms with Gasteiger partial charge < -0.3 is 14.0 Å². The van der Waals surface area contributed by atoms with Gasteiger partial charge in [0.25, 0.3) is 5.91 Å². The monoisotopic (exact) mass is 350 g/mol. The van der Waals surface area contributed by atoms with Crippen LogP contribution in [0.25, 0.3) is 5.52 Å². The number of carbonyl (C=O) groups excluding carboxylic acids is 1. The van der Waals surface area contributed by atoms with Gasteiger partial charge in [0.2, 0.25) is 0 Å². The van der Waals surface area contributed by atoms with E-state index in [0.717, 1.165) is 36.3 Å². The maximum Gasteiger partial charge on any atom is 0.317 e. The number of hydrogen-bond donors (Lipinski definition) is 0. The first-order valence-corrected chi connectivity index (χ1v) is 8.93. The predicted molar refractivity (Wildman–Crippen MR) is 98.5 cm³/mol. The van der Waals surface area contributed by atoms with Crippen LogP contribution in [0.2, 0.25) is 0 Å². The number of pyridine rings is 1. The van der Waals surface area contributed by atoms with Gasteiger partial charge in [-0.25, -0.2) is 9.97 Å². The number of aryl methyl sites for hydroxylation is 2. The molecule has 0 aromatic carbocycles. The van der Waals surface area contributed by atoms with Crippen LogP contribution in [0.3, 0.4) is 0 Å². The molecule has 0 saturated carbocycles. The molecule has 1 saturated heterocycles. The molecule has 1 amide bonds. The number of carbonyl (C=O) groups is 1. The van der Waals surface area contributed by atoms with Crippen molar-refractivity contribution >= 4 is 11.4 Å². The summed E-state index contributed by atoms with van der Waals surface area (Å²) >= 11 is 0. The van der Waals surface area contributed by atoms with E-state index in [1.165, 1.54) is 0 Å². The van der Waals surface area contributed by atoms with Crippen molar-refractivity contribution < 1.29 is 9.53 Å². The zero-order valence-electron chi connectivity index (χ0n) is 15.1. The van der Waals surface area contributed by atoms with Crippen molar-refractivity contribution in [2.24, 2.45) is 0 Å². The Morgan fingerprint density at radius 3 is 2.77 bits per heavy atom. The van der Waals surface area contributed by atoms with Gasteiger partial charge in [-0.2, -0.15) is 0 Å². The molecule has 4 rings (SSSR count). The molecule has 1 unspecified atom stereocenters. The number of aromatic nitrogens is 3. The lowest BCUT2D eigenvalue weighted by Gasteiger charge is -2.32. The van der Waals surface area contributed by atoms with Crippen molar-refractivity contribution in [3.8, 4) is 6.01 Å². The topological polar surface area (TPSA) is 59.7 Å². The zero-order chi connectivity index (χ0) is 18.1. The Labute approximate surface area is 152 Å². The number of likely N-dealkylation sites (tertiary alicyclic amines) is 1. The summed E-state index contributed by atoms with van der Waals surface area (Å²) in [6, 6.07) is 10.2. The normalized spacial score (nSPS) is 17.5. The highest BCUT2D eigenvalue weighted by molar-refractivity contribution is 5.95. The summed E-state index contributed by atoms with van der Waals surface area (Å²) in [7, 11) is 0. The highest BCUT2D eigenvalue weighted by atomic mass is 16.5. The van der Waals surface area contributed by atoms with Crippen molar-refractivity contribution in [1.29, 1.82) is 0 Å². The summed E-state index contributed by atoms with van der Waals surface area (Å²) in [4.78, 5) is 23.5. The van der Waals surface area contributed by atoms with Gasteiger partial charge in [0, 0.05) is 35.8 Å². The quantitative estimate of drug-likeness (QED) is 0.728. The average molecular weight is 350 g/mol. The molecule has 0 aliphatic carbocycles. The molecule has 0 spiro atoms. The molecule has 3 aromatic rings. The SMILES string of the molecule is Cc1cc(C)nc(OC2CCCN(C(=O)c3cc4ccccn4c3)C2)n1. The van der Waals surface area contributed by atoms with E-state index in [4.69, 9.17) is 4.74 Å². The zero-order valence-corrected chi connectivity index (χ0v) is 15.1. The first kappa shape index (κ1) is 16.6. The maximum absolute atomic E-state index is 12.9. The Morgan fingerprint density at radius 1 is 1.19 bits per heavy atom. The Kier molecular flexibility index (Phi) is 4.32. The van der Waals surface area contributed by atoms with E-state index < -0.39 is 0 Å². The average Bonchev–Trinajstić information content (AvgIpc) is 3.04. The van der Waals surface area contributed by atoms with Gasteiger partial charge in [-0.3, -0.25) is 4.79 Å². The van der Waals surface area contributed by atoms with E-state index in [9.17, 15) is 4.79 Å². The van der Waals surface area contributed by atoms with Crippen molar-refractivity contribution in [2.75, 3.05) is 13.1 Å². The predicted octanol–water partition coefficient (Wildman–Crippen LogP) is 3.03. The highest BCUT2D eigenvalue weighted by Crippen LogP contribution is 2.19. The summed E-state index contributed by atoms with van der Waals surface area (Å²) in [6.07, 6.45) is 5.57. The number of ether oxygens (including phenoxy) is 1. The van der Waals surface area contributed by atoms with E-state index in [-0.39, 0.29) is 12.0 Å². The fourth-order valence-electron chi connectivity index (χ4n) is 3.47. The number of fused-ring (bicyclic) bond motifs is 1. The van der Waals surface area contributed by atoms with Crippen LogP contribution in [0.5, 0.6) is 6.01 Å². The lowest BCUT2D eigenvalue weighted by Crippen LogP contribution is -2.44. The first-order chi connectivity index (χ1) is 12.6. The van der Waals surface area contributed by atoms with Crippen LogP contribution in [0.4, 0.5) is 0 Å². The largest absolute Gasteiger partial charge is 0.458 e. The minimum Gasteiger partial charge on any atom is -0.458 e. The Balaban J connectivity index is 1.48. The Hall–Kier alpha value is -2.89. The number of amides is 1. The lowest BCUT2D eigenvalue weighted by molar-refractivity contribution is 0.0515. The molecule has 3 aromatic heterocycles. The molecular formula is C20H22N4O2. The molecule has 134 valence electrons. The third kappa shape index (κ3) is 3.40. The summed E-state index contributed by atoms with van der Waals surface area (Å²) in [5.74, 6) is 0.0448. The molecule has 6 heteroatoms. The van der Waals surface area contributed by atoms with Gasteiger partial charge in [-0.15, -0.1) is 0 Å². The van der Waals surface area contributed by atoms with Crippen molar-refractivity contribution in [1.82, 2.24) is 19.3 Å². The van der Waals surface area contributed by atoms with Gasteiger partial charge in [0.15, 0.2) is 0 Å². The fraction of sp³-hybridized carbons (Fsp3) is 0.350. The van der Waals surface area contributed by atoms with Gasteiger partial charge in [0.05, 0.1) is 12.1 Å². The number of hydrogen-bond acceptors (Lipinski definition) is 4. The number of rotatable bonds is 3. The van der Waals surface area contributed by atoms with Gasteiger partial charge in [-0.1, -0.05) is 6.07 Å². The molecule has 0 radical (unpaired) electrons. The molecule has 1 aliphatic heterocycles. The van der Waals surface area contributed by atoms with Crippen molar-refractivity contribution in [3.05, 3.63) is 59.7 Å². The molecule has 0 N–H and O–H groups in total. The highest BCUT2D eigenvalue weighted by Gasteiger charge is 2.27. The van der Waals surface area contributed by atoms with E-state index in [1.807, 2.05) is 65.9 Å². The molecule has 1 atom stereocenters. The number of piperidine rings is 1. The smallest absolute Gasteiger partial charge is 0.317 e. The molecule has 26 heavy (non-hydrogen) atoms. The van der Waals surface area contributed by atoms with E-state index in [0.29, 0.717) is 18.1 Å². The third-order valence-electron chi connectivity index (χ3n) is 4.65. The summed E-state index contributed by atoms with van der Waals surface area (Å²) in [6.45, 7) is 5.16. The van der Waals surface area contributed by atoms with E-state index in [2.05, 4.69) is 9.97 Å². The Morgan fingerprint density at radius 2 is 2.00 bits per heavy atom. The van der Waals surface area contributed by atoms with Crippen LogP contribution in [0.1, 0.15) is 34.6 Å². The van der Waals surface area contributed by atoms with Gasteiger partial charge in [-0.05, 0) is 51.0 Å². The second kappa shape index (κ2) is 6.78. The van der Waals surface area contributed by atoms with Crippen LogP contribution in [0.15, 0.2) is 42.7 Å². The van der Waals surface area contributed by atoms with E-state index >= 15 is 0 Å². The first-order valence-electron chi connectivity index (χ1n) is 8.93. The molecule has 0 bridgehead atoms. The van der Waals surface area contributed by atoms with Crippen LogP contribution < -0.4 is 4.74 Å². The van der Waals surface area contributed by atoms with Crippen molar-refractivity contribution in [3.63, 3.8) is 0 Å². The molecule has 4 heterocycles. The Bertz CT molecular complexity index is 897. The van der Waals surface area contributed by atoms with Gasteiger partial charge in [0.1, 0.15) is 6.10 Å². The molecule has 1 fully saturated rings. The molecular weight excluding hydrogens is 328 g/mol. The number of nitrogens with zero attached hydrogens (tertiary/aromatic N) is 4. The van der Waals surface area contributed by atoms with Crippen molar-refractivity contribution in [2.45, 2.75) is 32.8 Å². The standard InChI is InChI=1S/C20H22N4O2/c1-14-10-15(2)22-20(21-14)26-18-7-5-9-24(13-18)19(25)16-11-17-6-3-4-8-23(17)12-16/h3-4,6,8,10-12,18H,5,7,9,13H2,1-2H3. The third-order valence-corrected chi connectivity index (χ3v) is 4.65. The summed E-state index contributed by atoms with van der Waals surface area (Å²) in [5, 5.41) is 0. The summed E-state index contributed by atoms with van der Waals surface area (Å²) < 4.78 is 7.94. The minimum absolute atomic E-state index is 0.0448. The fourth-order valence-corrected chi connectivity index (χ4v) is 3.47. The minimum atomic E-state index is -0.0778. The van der Waals surface area contributed by atoms with Gasteiger partial charge >= 0.3 is 6.01 Å². The van der Waals surface area contributed by atoms with Crippen LogP contribution >= 0.6 is 0 Å².